The maximum Gasteiger partial charge on any atom is 0.338 e. The summed E-state index contributed by atoms with van der Waals surface area (Å²) in [4.78, 5) is 27.0. The monoisotopic (exact) mass is 462 g/mol. The molecule has 5 nitrogen and oxygen atoms in total. The summed E-state index contributed by atoms with van der Waals surface area (Å²) in [5.41, 5.74) is 2.05. The van der Waals surface area contributed by atoms with E-state index in [0.29, 0.717) is 41.0 Å². The number of anilines is 1. The predicted molar refractivity (Wildman–Crippen MR) is 125 cm³/mol. The molecule has 2 aromatic carbocycles. The van der Waals surface area contributed by atoms with Crippen molar-refractivity contribution < 1.29 is 14.3 Å². The molecule has 0 bridgehead atoms. The smallest absolute Gasteiger partial charge is 0.338 e. The minimum atomic E-state index is -0.340. The van der Waals surface area contributed by atoms with Gasteiger partial charge >= 0.3 is 5.97 Å². The lowest BCUT2D eigenvalue weighted by Gasteiger charge is -2.32. The minimum Gasteiger partial charge on any atom is -0.462 e. The summed E-state index contributed by atoms with van der Waals surface area (Å²) < 4.78 is 5.21. The highest BCUT2D eigenvalue weighted by Crippen LogP contribution is 2.28. The Kier molecular flexibility index (Phi) is 8.76. The quantitative estimate of drug-likeness (QED) is 0.397. The average Bonchev–Trinajstić information content (AvgIpc) is 2.77. The summed E-state index contributed by atoms with van der Waals surface area (Å²) in [5.74, 6) is -0.477. The van der Waals surface area contributed by atoms with Crippen LogP contribution in [0.1, 0.15) is 48.5 Å². The Morgan fingerprint density at radius 3 is 2.52 bits per heavy atom. The van der Waals surface area contributed by atoms with Crippen LogP contribution in [-0.4, -0.2) is 36.5 Å². The zero-order chi connectivity index (χ0) is 22.2. The number of piperidine rings is 1. The molecule has 0 aliphatic carbocycles. The van der Waals surface area contributed by atoms with Gasteiger partial charge in [-0.05, 0) is 62.2 Å². The standard InChI is InChI=1S/C24H28Cl2N2O3/c1-2-3-14-31-24(30)17-9-11-19(12-10-17)27-23(29)18-6-5-13-28(15-18)16-20-21(25)7-4-8-22(20)26/h4,7-12,18H,2-3,5-6,13-16H2,1H3,(H,27,29)/t18-/m1/s1. The summed E-state index contributed by atoms with van der Waals surface area (Å²) in [5, 5.41) is 4.26. The van der Waals surface area contributed by atoms with E-state index in [1.807, 2.05) is 25.1 Å². The maximum absolute atomic E-state index is 12.8. The van der Waals surface area contributed by atoms with Crippen LogP contribution in [0.2, 0.25) is 10.0 Å². The van der Waals surface area contributed by atoms with E-state index in [4.69, 9.17) is 27.9 Å². The van der Waals surface area contributed by atoms with Gasteiger partial charge in [-0.25, -0.2) is 4.79 Å². The molecule has 0 spiro atoms. The third-order valence-electron chi connectivity index (χ3n) is 5.44. The number of ether oxygens (including phenoxy) is 1. The van der Waals surface area contributed by atoms with Gasteiger partial charge in [0.05, 0.1) is 18.1 Å². The number of rotatable bonds is 8. The van der Waals surface area contributed by atoms with Crippen molar-refractivity contribution in [2.75, 3.05) is 25.0 Å². The van der Waals surface area contributed by atoms with Crippen LogP contribution >= 0.6 is 23.2 Å². The first-order chi connectivity index (χ1) is 15.0. The van der Waals surface area contributed by atoms with Crippen LogP contribution < -0.4 is 5.32 Å². The van der Waals surface area contributed by atoms with Crippen LogP contribution in [0.15, 0.2) is 42.5 Å². The summed E-state index contributed by atoms with van der Waals surface area (Å²) in [6, 6.07) is 12.3. The first-order valence-corrected chi connectivity index (χ1v) is 11.5. The molecule has 3 rings (SSSR count). The number of carbonyl (C=O) groups is 2. The highest BCUT2D eigenvalue weighted by atomic mass is 35.5. The molecule has 31 heavy (non-hydrogen) atoms. The topological polar surface area (TPSA) is 58.6 Å². The maximum atomic E-state index is 12.8. The molecule has 166 valence electrons. The highest BCUT2D eigenvalue weighted by Gasteiger charge is 2.26. The second kappa shape index (κ2) is 11.5. The third kappa shape index (κ3) is 6.70. The lowest BCUT2D eigenvalue weighted by Crippen LogP contribution is -2.40. The number of nitrogens with one attached hydrogen (secondary N) is 1. The van der Waals surface area contributed by atoms with E-state index in [9.17, 15) is 9.59 Å². The highest BCUT2D eigenvalue weighted by molar-refractivity contribution is 6.35. The normalized spacial score (nSPS) is 16.7. The predicted octanol–water partition coefficient (Wildman–Crippen LogP) is 5.80. The molecule has 2 aromatic rings. The largest absolute Gasteiger partial charge is 0.462 e. The fourth-order valence-corrected chi connectivity index (χ4v) is 4.16. The Balaban J connectivity index is 1.54. The molecule has 1 amide bonds. The van der Waals surface area contributed by atoms with E-state index >= 15 is 0 Å². The average molecular weight is 463 g/mol. The second-order valence-electron chi connectivity index (χ2n) is 7.83. The Morgan fingerprint density at radius 2 is 1.84 bits per heavy atom. The Hall–Kier alpha value is -2.08. The molecule has 7 heteroatoms. The summed E-state index contributed by atoms with van der Waals surface area (Å²) in [6.07, 6.45) is 3.59. The van der Waals surface area contributed by atoms with Crippen molar-refractivity contribution in [3.63, 3.8) is 0 Å². The van der Waals surface area contributed by atoms with Gasteiger partial charge in [0.25, 0.3) is 0 Å². The van der Waals surface area contributed by atoms with Crippen molar-refractivity contribution in [3.8, 4) is 0 Å². The van der Waals surface area contributed by atoms with Gasteiger partial charge in [0.2, 0.25) is 5.91 Å². The number of benzene rings is 2. The number of unbranched alkanes of at least 4 members (excludes halogenated alkanes) is 1. The number of nitrogens with zero attached hydrogens (tertiary/aromatic N) is 1. The second-order valence-corrected chi connectivity index (χ2v) is 8.64. The SMILES string of the molecule is CCCCOC(=O)c1ccc(NC(=O)[C@@H]2CCCN(Cc3c(Cl)cccc3Cl)C2)cc1. The molecule has 0 saturated carbocycles. The number of hydrogen-bond acceptors (Lipinski definition) is 4. The zero-order valence-electron chi connectivity index (χ0n) is 17.7. The van der Waals surface area contributed by atoms with E-state index in [1.165, 1.54) is 0 Å². The molecule has 1 N–H and O–H groups in total. The van der Waals surface area contributed by atoms with Crippen LogP contribution in [0.25, 0.3) is 0 Å². The van der Waals surface area contributed by atoms with E-state index in [-0.39, 0.29) is 17.8 Å². The van der Waals surface area contributed by atoms with Gasteiger partial charge in [0.1, 0.15) is 0 Å². The van der Waals surface area contributed by atoms with E-state index in [0.717, 1.165) is 37.8 Å². The fourth-order valence-electron chi connectivity index (χ4n) is 3.65. The van der Waals surface area contributed by atoms with Gasteiger partial charge in [-0.1, -0.05) is 42.6 Å². The lowest BCUT2D eigenvalue weighted by molar-refractivity contribution is -0.121. The minimum absolute atomic E-state index is 0.0202. The number of likely N-dealkylation sites (tertiary alicyclic amines) is 1. The van der Waals surface area contributed by atoms with Gasteiger partial charge in [-0.2, -0.15) is 0 Å². The molecule has 0 aromatic heterocycles. The van der Waals surface area contributed by atoms with Crippen LogP contribution in [0.3, 0.4) is 0 Å². The van der Waals surface area contributed by atoms with Gasteiger partial charge in [-0.15, -0.1) is 0 Å². The number of carbonyl (C=O) groups excluding carboxylic acids is 2. The number of amides is 1. The van der Waals surface area contributed by atoms with E-state index in [1.54, 1.807) is 24.3 Å². The van der Waals surface area contributed by atoms with Crippen molar-refractivity contribution in [1.29, 1.82) is 0 Å². The van der Waals surface area contributed by atoms with Crippen LogP contribution in [-0.2, 0) is 16.1 Å². The third-order valence-corrected chi connectivity index (χ3v) is 6.15. The van der Waals surface area contributed by atoms with Crippen LogP contribution in [0, 0.1) is 5.92 Å². The summed E-state index contributed by atoms with van der Waals surface area (Å²) in [6.45, 7) is 4.64. The van der Waals surface area contributed by atoms with Gasteiger partial charge in [0, 0.05) is 34.4 Å². The lowest BCUT2D eigenvalue weighted by atomic mass is 9.96. The fraction of sp³-hybridized carbons (Fsp3) is 0.417. The first-order valence-electron chi connectivity index (χ1n) is 10.7. The van der Waals surface area contributed by atoms with E-state index < -0.39 is 0 Å². The molecule has 1 aliphatic rings. The van der Waals surface area contributed by atoms with E-state index in [2.05, 4.69) is 10.2 Å². The van der Waals surface area contributed by atoms with Gasteiger partial charge in [-0.3, -0.25) is 9.69 Å². The number of hydrogen-bond donors (Lipinski definition) is 1. The molecule has 1 aliphatic heterocycles. The molecular weight excluding hydrogens is 435 g/mol. The van der Waals surface area contributed by atoms with Crippen molar-refractivity contribution in [3.05, 3.63) is 63.6 Å². The number of halogens is 2. The first kappa shape index (κ1) is 23.6. The van der Waals surface area contributed by atoms with Crippen LogP contribution in [0.5, 0.6) is 0 Å². The van der Waals surface area contributed by atoms with Crippen molar-refractivity contribution in [1.82, 2.24) is 4.90 Å². The molecule has 1 fully saturated rings. The molecular formula is C24H28Cl2N2O3. The van der Waals surface area contributed by atoms with Crippen LogP contribution in [0.4, 0.5) is 5.69 Å². The molecule has 0 unspecified atom stereocenters. The van der Waals surface area contributed by atoms with Gasteiger partial charge < -0.3 is 10.1 Å². The van der Waals surface area contributed by atoms with Gasteiger partial charge in [0.15, 0.2) is 0 Å². The Morgan fingerprint density at radius 1 is 1.13 bits per heavy atom. The molecule has 0 radical (unpaired) electrons. The summed E-state index contributed by atoms with van der Waals surface area (Å²) >= 11 is 12.6. The van der Waals surface area contributed by atoms with Crippen molar-refractivity contribution >= 4 is 40.8 Å². The van der Waals surface area contributed by atoms with Crippen molar-refractivity contribution in [2.24, 2.45) is 5.92 Å². The zero-order valence-corrected chi connectivity index (χ0v) is 19.2. The molecule has 1 heterocycles. The molecule has 1 atom stereocenters. The molecule has 1 saturated heterocycles. The number of esters is 1. The Labute approximate surface area is 193 Å². The van der Waals surface area contributed by atoms with Crippen molar-refractivity contribution in [2.45, 2.75) is 39.2 Å². The summed E-state index contributed by atoms with van der Waals surface area (Å²) in [7, 11) is 0. The Bertz CT molecular complexity index is 882.